The Labute approximate surface area is 152 Å². The number of carbonyl (C=O) groups excluding carboxylic acids is 1. The SMILES string of the molecule is COc1ccc2c(c1)CC(C(=O)Nc1cncnc1N1CCCC1)CO2. The fourth-order valence-corrected chi connectivity index (χ4v) is 3.49. The number of anilines is 2. The highest BCUT2D eigenvalue weighted by Gasteiger charge is 2.28. The summed E-state index contributed by atoms with van der Waals surface area (Å²) in [6, 6.07) is 5.68. The summed E-state index contributed by atoms with van der Waals surface area (Å²) in [6.45, 7) is 2.27. The summed E-state index contributed by atoms with van der Waals surface area (Å²) in [5.74, 6) is 2.04. The van der Waals surface area contributed by atoms with Gasteiger partial charge in [-0.25, -0.2) is 9.97 Å². The minimum absolute atomic E-state index is 0.0753. The Morgan fingerprint density at radius 3 is 3.00 bits per heavy atom. The second kappa shape index (κ2) is 7.19. The Morgan fingerprint density at radius 1 is 1.35 bits per heavy atom. The van der Waals surface area contributed by atoms with Gasteiger partial charge in [0, 0.05) is 13.1 Å². The van der Waals surface area contributed by atoms with Crippen molar-refractivity contribution in [2.75, 3.05) is 37.0 Å². The lowest BCUT2D eigenvalue weighted by molar-refractivity contribution is -0.121. The molecule has 1 aromatic carbocycles. The van der Waals surface area contributed by atoms with Gasteiger partial charge >= 0.3 is 0 Å². The summed E-state index contributed by atoms with van der Waals surface area (Å²) in [4.78, 5) is 23.4. The molecular formula is C19H22N4O3. The van der Waals surface area contributed by atoms with Gasteiger partial charge in [-0.15, -0.1) is 0 Å². The molecule has 136 valence electrons. The van der Waals surface area contributed by atoms with Crippen molar-refractivity contribution >= 4 is 17.4 Å². The highest BCUT2D eigenvalue weighted by molar-refractivity contribution is 5.95. The van der Waals surface area contributed by atoms with Crippen LogP contribution in [0.25, 0.3) is 0 Å². The summed E-state index contributed by atoms with van der Waals surface area (Å²) in [5.41, 5.74) is 1.65. The van der Waals surface area contributed by atoms with Crippen molar-refractivity contribution in [3.63, 3.8) is 0 Å². The second-order valence-electron chi connectivity index (χ2n) is 6.63. The standard InChI is InChI=1S/C19H22N4O3/c1-25-15-4-5-17-13(9-15)8-14(11-26-17)19(24)22-16-10-20-12-21-18(16)23-6-2-3-7-23/h4-5,9-10,12,14H,2-3,6-8,11H2,1H3,(H,22,24). The van der Waals surface area contributed by atoms with Gasteiger partial charge in [0.15, 0.2) is 5.82 Å². The Balaban J connectivity index is 1.49. The molecule has 7 heteroatoms. The molecule has 26 heavy (non-hydrogen) atoms. The normalized spacial score (nSPS) is 18.8. The van der Waals surface area contributed by atoms with Gasteiger partial charge in [-0.2, -0.15) is 0 Å². The zero-order valence-corrected chi connectivity index (χ0v) is 14.8. The third kappa shape index (κ3) is 3.29. The molecule has 3 heterocycles. The van der Waals surface area contributed by atoms with Crippen LogP contribution in [0.5, 0.6) is 11.5 Å². The number of amides is 1. The fraction of sp³-hybridized carbons (Fsp3) is 0.421. The van der Waals surface area contributed by atoms with Crippen LogP contribution in [-0.2, 0) is 11.2 Å². The lowest BCUT2D eigenvalue weighted by Gasteiger charge is -2.26. The quantitative estimate of drug-likeness (QED) is 0.908. The summed E-state index contributed by atoms with van der Waals surface area (Å²) in [7, 11) is 1.63. The number of hydrogen-bond donors (Lipinski definition) is 1. The Hall–Kier alpha value is -2.83. The van der Waals surface area contributed by atoms with E-state index in [4.69, 9.17) is 9.47 Å². The summed E-state index contributed by atoms with van der Waals surface area (Å²) in [6.07, 6.45) is 6.10. The molecule has 4 rings (SSSR count). The van der Waals surface area contributed by atoms with Gasteiger partial charge in [-0.3, -0.25) is 4.79 Å². The van der Waals surface area contributed by atoms with Gasteiger partial charge in [0.25, 0.3) is 0 Å². The van der Waals surface area contributed by atoms with E-state index in [0.717, 1.165) is 48.8 Å². The molecule has 0 saturated carbocycles. The molecule has 2 aliphatic heterocycles. The van der Waals surface area contributed by atoms with Crippen molar-refractivity contribution in [2.45, 2.75) is 19.3 Å². The minimum atomic E-state index is -0.263. The molecule has 7 nitrogen and oxygen atoms in total. The first kappa shape index (κ1) is 16.6. The summed E-state index contributed by atoms with van der Waals surface area (Å²) in [5, 5.41) is 3.00. The van der Waals surface area contributed by atoms with Crippen LogP contribution in [0, 0.1) is 5.92 Å². The maximum atomic E-state index is 12.8. The van der Waals surface area contributed by atoms with Crippen molar-refractivity contribution in [3.05, 3.63) is 36.3 Å². The van der Waals surface area contributed by atoms with E-state index in [2.05, 4.69) is 20.2 Å². The molecule has 1 fully saturated rings. The number of aromatic nitrogens is 2. The van der Waals surface area contributed by atoms with Crippen molar-refractivity contribution in [3.8, 4) is 11.5 Å². The van der Waals surface area contributed by atoms with E-state index in [9.17, 15) is 4.79 Å². The first-order chi connectivity index (χ1) is 12.7. The number of hydrogen-bond acceptors (Lipinski definition) is 6. The van der Waals surface area contributed by atoms with Crippen molar-refractivity contribution in [1.29, 1.82) is 0 Å². The molecule has 0 radical (unpaired) electrons. The average molecular weight is 354 g/mol. The van der Waals surface area contributed by atoms with E-state index in [1.165, 1.54) is 6.33 Å². The smallest absolute Gasteiger partial charge is 0.231 e. The number of carbonyl (C=O) groups is 1. The van der Waals surface area contributed by atoms with Gasteiger partial charge in [0.2, 0.25) is 5.91 Å². The summed E-state index contributed by atoms with van der Waals surface area (Å²) < 4.78 is 11.0. The fourth-order valence-electron chi connectivity index (χ4n) is 3.49. The number of methoxy groups -OCH3 is 1. The van der Waals surface area contributed by atoms with Gasteiger partial charge < -0.3 is 19.7 Å². The second-order valence-corrected chi connectivity index (χ2v) is 6.63. The van der Waals surface area contributed by atoms with Gasteiger partial charge in [-0.05, 0) is 43.0 Å². The molecule has 1 saturated heterocycles. The maximum Gasteiger partial charge on any atom is 0.231 e. The van der Waals surface area contributed by atoms with Crippen LogP contribution < -0.4 is 19.7 Å². The lowest BCUT2D eigenvalue weighted by Crippen LogP contribution is -2.33. The predicted molar refractivity (Wildman–Crippen MR) is 97.8 cm³/mol. The van der Waals surface area contributed by atoms with Crippen LogP contribution >= 0.6 is 0 Å². The predicted octanol–water partition coefficient (Wildman–Crippen LogP) is 2.28. The number of rotatable bonds is 4. The molecule has 1 unspecified atom stereocenters. The number of fused-ring (bicyclic) bond motifs is 1. The lowest BCUT2D eigenvalue weighted by atomic mass is 9.95. The van der Waals surface area contributed by atoms with Gasteiger partial charge in [0.1, 0.15) is 30.1 Å². The van der Waals surface area contributed by atoms with Crippen LogP contribution in [-0.4, -0.2) is 42.7 Å². The van der Waals surface area contributed by atoms with E-state index in [1.54, 1.807) is 13.3 Å². The van der Waals surface area contributed by atoms with Gasteiger partial charge in [0.05, 0.1) is 19.2 Å². The molecule has 2 aromatic rings. The molecule has 1 aromatic heterocycles. The van der Waals surface area contributed by atoms with E-state index in [1.807, 2.05) is 18.2 Å². The molecule has 0 aliphatic carbocycles. The molecule has 1 N–H and O–H groups in total. The van der Waals surface area contributed by atoms with Crippen LogP contribution in [0.15, 0.2) is 30.7 Å². The Bertz CT molecular complexity index is 805. The van der Waals surface area contributed by atoms with Crippen molar-refractivity contribution < 1.29 is 14.3 Å². The third-order valence-corrected chi connectivity index (χ3v) is 4.90. The van der Waals surface area contributed by atoms with Gasteiger partial charge in [-0.1, -0.05) is 0 Å². The minimum Gasteiger partial charge on any atom is -0.497 e. The van der Waals surface area contributed by atoms with Crippen LogP contribution in [0.1, 0.15) is 18.4 Å². The monoisotopic (exact) mass is 354 g/mol. The number of nitrogens with one attached hydrogen (secondary N) is 1. The van der Waals surface area contributed by atoms with E-state index >= 15 is 0 Å². The Kier molecular flexibility index (Phi) is 4.60. The number of ether oxygens (including phenoxy) is 2. The number of benzene rings is 1. The molecule has 2 aliphatic rings. The zero-order valence-electron chi connectivity index (χ0n) is 14.8. The van der Waals surface area contributed by atoms with Crippen LogP contribution in [0.4, 0.5) is 11.5 Å². The molecule has 0 spiro atoms. The zero-order chi connectivity index (χ0) is 17.9. The highest BCUT2D eigenvalue weighted by Crippen LogP contribution is 2.32. The van der Waals surface area contributed by atoms with Crippen LogP contribution in [0.2, 0.25) is 0 Å². The summed E-state index contributed by atoms with van der Waals surface area (Å²) >= 11 is 0. The third-order valence-electron chi connectivity index (χ3n) is 4.90. The van der Waals surface area contributed by atoms with Crippen molar-refractivity contribution in [2.24, 2.45) is 5.92 Å². The molecule has 1 amide bonds. The van der Waals surface area contributed by atoms with E-state index < -0.39 is 0 Å². The molecule has 1 atom stereocenters. The maximum absolute atomic E-state index is 12.8. The molecular weight excluding hydrogens is 332 g/mol. The molecule has 0 bridgehead atoms. The van der Waals surface area contributed by atoms with Crippen LogP contribution in [0.3, 0.4) is 0 Å². The highest BCUT2D eigenvalue weighted by atomic mass is 16.5. The number of nitrogens with zero attached hydrogens (tertiary/aromatic N) is 3. The first-order valence-electron chi connectivity index (χ1n) is 8.90. The Morgan fingerprint density at radius 2 is 2.19 bits per heavy atom. The van der Waals surface area contributed by atoms with E-state index in [-0.39, 0.29) is 11.8 Å². The topological polar surface area (TPSA) is 76.6 Å². The first-order valence-corrected chi connectivity index (χ1v) is 8.90. The largest absolute Gasteiger partial charge is 0.497 e. The average Bonchev–Trinajstić information content (AvgIpc) is 3.22. The van der Waals surface area contributed by atoms with E-state index in [0.29, 0.717) is 18.7 Å². The van der Waals surface area contributed by atoms with Crippen molar-refractivity contribution in [1.82, 2.24) is 9.97 Å².